The molecule has 0 saturated heterocycles. The molecule has 76 valence electrons. The van der Waals surface area contributed by atoms with Gasteiger partial charge >= 0.3 is 0 Å². The quantitative estimate of drug-likeness (QED) is 0.777. The van der Waals surface area contributed by atoms with Crippen molar-refractivity contribution in [2.45, 2.75) is 38.7 Å². The molecule has 0 amide bonds. The summed E-state index contributed by atoms with van der Waals surface area (Å²) in [6.07, 6.45) is 3.34. The van der Waals surface area contributed by atoms with E-state index >= 15 is 0 Å². The van der Waals surface area contributed by atoms with Crippen LogP contribution in [0.4, 0.5) is 0 Å². The highest BCUT2D eigenvalue weighted by atomic mass is 16.3. The molecule has 1 nitrogen and oxygen atoms in total. The van der Waals surface area contributed by atoms with Crippen LogP contribution in [0.2, 0.25) is 0 Å². The molecule has 0 radical (unpaired) electrons. The highest BCUT2D eigenvalue weighted by molar-refractivity contribution is 5.33. The number of hydrogen-bond donors (Lipinski definition) is 1. The van der Waals surface area contributed by atoms with E-state index < -0.39 is 5.60 Å². The lowest BCUT2D eigenvalue weighted by Crippen LogP contribution is -2.25. The lowest BCUT2D eigenvalue weighted by molar-refractivity contribution is 0.0322. The molecular weight excluding hydrogens is 172 g/mol. The molecule has 0 spiro atoms. The second kappa shape index (κ2) is 3.39. The molecule has 1 saturated carbocycles. The molecule has 1 fully saturated rings. The van der Waals surface area contributed by atoms with E-state index in [1.807, 2.05) is 19.1 Å². The molecule has 0 aromatic heterocycles. The molecule has 1 aromatic rings. The molecule has 0 heterocycles. The third kappa shape index (κ3) is 1.57. The average molecular weight is 190 g/mol. The molecule has 1 aliphatic rings. The maximum Gasteiger partial charge on any atom is 0.0899 e. The van der Waals surface area contributed by atoms with E-state index in [-0.39, 0.29) is 0 Å². The minimum atomic E-state index is -0.605. The molecule has 1 heteroatoms. The summed E-state index contributed by atoms with van der Waals surface area (Å²) in [5.41, 5.74) is 1.81. The lowest BCUT2D eigenvalue weighted by Gasteiger charge is -2.26. The van der Waals surface area contributed by atoms with Crippen LogP contribution in [0, 0.1) is 5.92 Å². The first-order valence-electron chi connectivity index (χ1n) is 5.47. The van der Waals surface area contributed by atoms with Gasteiger partial charge in [0.1, 0.15) is 0 Å². The maximum atomic E-state index is 10.4. The highest BCUT2D eigenvalue weighted by Crippen LogP contribution is 2.46. The third-order valence-electron chi connectivity index (χ3n) is 3.32. The first kappa shape index (κ1) is 9.72. The van der Waals surface area contributed by atoms with Gasteiger partial charge in [0, 0.05) is 0 Å². The van der Waals surface area contributed by atoms with Crippen molar-refractivity contribution in [1.82, 2.24) is 0 Å². The molecule has 1 aliphatic carbocycles. The van der Waals surface area contributed by atoms with Crippen LogP contribution in [-0.4, -0.2) is 5.11 Å². The number of aliphatic hydroxyl groups is 1. The second-order valence-electron chi connectivity index (χ2n) is 4.43. The van der Waals surface area contributed by atoms with E-state index in [2.05, 4.69) is 19.1 Å². The smallest absolute Gasteiger partial charge is 0.0899 e. The van der Waals surface area contributed by atoms with Crippen LogP contribution < -0.4 is 0 Å². The number of benzene rings is 1. The Labute approximate surface area is 85.8 Å². The summed E-state index contributed by atoms with van der Waals surface area (Å²) < 4.78 is 0. The van der Waals surface area contributed by atoms with Crippen LogP contribution in [-0.2, 0) is 12.0 Å². The Morgan fingerprint density at radius 3 is 2.57 bits per heavy atom. The van der Waals surface area contributed by atoms with Gasteiger partial charge in [0.05, 0.1) is 5.60 Å². The summed E-state index contributed by atoms with van der Waals surface area (Å²) in [5.74, 6) is 0.482. The van der Waals surface area contributed by atoms with E-state index in [0.717, 1.165) is 12.0 Å². The number of aryl methyl sites for hydroxylation is 1. The summed E-state index contributed by atoms with van der Waals surface area (Å²) in [5, 5.41) is 10.4. The Bertz CT molecular complexity index is 324. The molecule has 1 aromatic carbocycles. The van der Waals surface area contributed by atoms with Gasteiger partial charge in [-0.2, -0.15) is 0 Å². The highest BCUT2D eigenvalue weighted by Gasteiger charge is 2.41. The van der Waals surface area contributed by atoms with Crippen LogP contribution in [0.3, 0.4) is 0 Å². The molecule has 1 N–H and O–H groups in total. The van der Waals surface area contributed by atoms with Crippen LogP contribution in [0.5, 0.6) is 0 Å². The van der Waals surface area contributed by atoms with E-state index in [1.54, 1.807) is 0 Å². The SMILES string of the molecule is CCc1ccccc1[C@](C)(O)C1CC1. The van der Waals surface area contributed by atoms with Crippen molar-refractivity contribution in [1.29, 1.82) is 0 Å². The van der Waals surface area contributed by atoms with Gasteiger partial charge in [-0.25, -0.2) is 0 Å². The summed E-state index contributed by atoms with van der Waals surface area (Å²) in [4.78, 5) is 0. The predicted molar refractivity (Wildman–Crippen MR) is 58.1 cm³/mol. The lowest BCUT2D eigenvalue weighted by atomic mass is 9.86. The molecular formula is C13H18O. The van der Waals surface area contributed by atoms with Gasteiger partial charge in [-0.05, 0) is 43.2 Å². The van der Waals surface area contributed by atoms with Gasteiger partial charge in [0.2, 0.25) is 0 Å². The monoisotopic (exact) mass is 190 g/mol. The minimum absolute atomic E-state index is 0.482. The van der Waals surface area contributed by atoms with Gasteiger partial charge < -0.3 is 5.11 Å². The van der Waals surface area contributed by atoms with Crippen molar-refractivity contribution in [3.8, 4) is 0 Å². The van der Waals surface area contributed by atoms with Crippen LogP contribution in [0.15, 0.2) is 24.3 Å². The molecule has 1 atom stereocenters. The van der Waals surface area contributed by atoms with Crippen molar-refractivity contribution in [2.75, 3.05) is 0 Å². The van der Waals surface area contributed by atoms with Crippen molar-refractivity contribution in [3.63, 3.8) is 0 Å². The van der Waals surface area contributed by atoms with Gasteiger partial charge in [0.25, 0.3) is 0 Å². The summed E-state index contributed by atoms with van der Waals surface area (Å²) in [6, 6.07) is 8.25. The zero-order chi connectivity index (χ0) is 10.2. The van der Waals surface area contributed by atoms with E-state index in [4.69, 9.17) is 0 Å². The fraction of sp³-hybridized carbons (Fsp3) is 0.538. The minimum Gasteiger partial charge on any atom is -0.385 e. The molecule has 14 heavy (non-hydrogen) atoms. The van der Waals surface area contributed by atoms with E-state index in [0.29, 0.717) is 5.92 Å². The Balaban J connectivity index is 2.38. The van der Waals surface area contributed by atoms with Gasteiger partial charge in [-0.1, -0.05) is 31.2 Å². The van der Waals surface area contributed by atoms with Crippen molar-refractivity contribution in [2.24, 2.45) is 5.92 Å². The zero-order valence-electron chi connectivity index (χ0n) is 8.96. The molecule has 2 rings (SSSR count). The Morgan fingerprint density at radius 2 is 2.00 bits per heavy atom. The van der Waals surface area contributed by atoms with Gasteiger partial charge in [-0.15, -0.1) is 0 Å². The third-order valence-corrected chi connectivity index (χ3v) is 3.32. The molecule has 0 bridgehead atoms. The van der Waals surface area contributed by atoms with Crippen LogP contribution >= 0.6 is 0 Å². The van der Waals surface area contributed by atoms with E-state index in [1.165, 1.54) is 18.4 Å². The number of rotatable bonds is 3. The van der Waals surface area contributed by atoms with Crippen LogP contribution in [0.1, 0.15) is 37.8 Å². The summed E-state index contributed by atoms with van der Waals surface area (Å²) in [6.45, 7) is 4.10. The summed E-state index contributed by atoms with van der Waals surface area (Å²) >= 11 is 0. The van der Waals surface area contributed by atoms with Crippen LogP contribution in [0.25, 0.3) is 0 Å². The fourth-order valence-electron chi connectivity index (χ4n) is 2.19. The first-order valence-corrected chi connectivity index (χ1v) is 5.47. The Morgan fingerprint density at radius 1 is 1.36 bits per heavy atom. The van der Waals surface area contributed by atoms with Crippen molar-refractivity contribution < 1.29 is 5.11 Å². The second-order valence-corrected chi connectivity index (χ2v) is 4.43. The van der Waals surface area contributed by atoms with Crippen molar-refractivity contribution >= 4 is 0 Å². The Kier molecular flexibility index (Phi) is 2.36. The standard InChI is InChI=1S/C13H18O/c1-3-10-6-4-5-7-12(10)13(2,14)11-8-9-11/h4-7,11,14H,3,8-9H2,1-2H3/t13-/m1/s1. The molecule has 0 unspecified atom stereocenters. The summed E-state index contributed by atoms with van der Waals surface area (Å²) in [7, 11) is 0. The largest absolute Gasteiger partial charge is 0.385 e. The maximum absolute atomic E-state index is 10.4. The normalized spacial score (nSPS) is 20.5. The topological polar surface area (TPSA) is 20.2 Å². The number of hydrogen-bond acceptors (Lipinski definition) is 1. The van der Waals surface area contributed by atoms with Crippen molar-refractivity contribution in [3.05, 3.63) is 35.4 Å². The fourth-order valence-corrected chi connectivity index (χ4v) is 2.19. The molecule has 0 aliphatic heterocycles. The van der Waals surface area contributed by atoms with E-state index in [9.17, 15) is 5.11 Å². The van der Waals surface area contributed by atoms with Gasteiger partial charge in [-0.3, -0.25) is 0 Å². The predicted octanol–water partition coefficient (Wildman–Crippen LogP) is 2.87. The first-order chi connectivity index (χ1) is 6.66. The zero-order valence-corrected chi connectivity index (χ0v) is 8.96. The Hall–Kier alpha value is -0.820. The van der Waals surface area contributed by atoms with Gasteiger partial charge in [0.15, 0.2) is 0 Å². The average Bonchev–Trinajstić information content (AvgIpc) is 3.01.